The average Bonchev–Trinajstić information content (AvgIpc) is 3.48. The molecule has 0 saturated carbocycles. The number of aliphatic hydroxyl groups is 2. The molecule has 3 aliphatic heterocycles. The quantitative estimate of drug-likeness (QED) is 0.767. The normalized spacial score (nSPS) is 44.3. The summed E-state index contributed by atoms with van der Waals surface area (Å²) in [5.41, 5.74) is 0.152. The van der Waals surface area contributed by atoms with Crippen molar-refractivity contribution in [3.8, 4) is 0 Å². The zero-order chi connectivity index (χ0) is 15.6. The van der Waals surface area contributed by atoms with Gasteiger partial charge in [-0.2, -0.15) is 0 Å². The molecule has 1 aliphatic carbocycles. The molecule has 1 aromatic rings. The van der Waals surface area contributed by atoms with Crippen LogP contribution in [0.4, 0.5) is 0 Å². The molecule has 6 atom stereocenters. The molecule has 3 heterocycles. The first kappa shape index (κ1) is 13.7. The average molecular weight is 314 g/mol. The number of hydrogen-bond acceptors (Lipinski definition) is 5. The van der Waals surface area contributed by atoms with E-state index < -0.39 is 5.60 Å². The monoisotopic (exact) mass is 314 g/mol. The largest absolute Gasteiger partial charge is 0.509 e. The number of epoxide rings is 2. The number of rotatable bonds is 1. The highest BCUT2D eigenvalue weighted by Crippen LogP contribution is 2.53. The van der Waals surface area contributed by atoms with Gasteiger partial charge in [0, 0.05) is 0 Å². The lowest BCUT2D eigenvalue weighted by Gasteiger charge is -2.39. The van der Waals surface area contributed by atoms with Crippen LogP contribution in [0.2, 0.25) is 0 Å². The van der Waals surface area contributed by atoms with E-state index in [1.165, 1.54) is 0 Å². The Kier molecular flexibility index (Phi) is 2.79. The Morgan fingerprint density at radius 3 is 2.61 bits per heavy atom. The molecule has 0 bridgehead atoms. The highest BCUT2D eigenvalue weighted by atomic mass is 16.6. The van der Waals surface area contributed by atoms with Gasteiger partial charge in [0.15, 0.2) is 5.60 Å². The number of benzene rings is 1. The molecule has 120 valence electrons. The van der Waals surface area contributed by atoms with Gasteiger partial charge in [0.05, 0.1) is 25.2 Å². The molecule has 1 aromatic carbocycles. The van der Waals surface area contributed by atoms with Crippen LogP contribution in [-0.2, 0) is 19.8 Å². The molecular formula is C18H18O5. The standard InChI is InChI=1S/C18H18O5/c19-14-7-6-11-15(18(14,20)10-4-2-1-3-5-10)17-13(23-17)9-21-8-12-16(11)22-12/h1-7,12-13,15-17,19-20H,8-9H2. The van der Waals surface area contributed by atoms with Crippen LogP contribution in [0.1, 0.15) is 5.56 Å². The van der Waals surface area contributed by atoms with E-state index in [2.05, 4.69) is 0 Å². The third-order valence-corrected chi connectivity index (χ3v) is 5.27. The first-order valence-corrected chi connectivity index (χ1v) is 7.97. The molecule has 4 aliphatic rings. The molecule has 3 saturated heterocycles. The van der Waals surface area contributed by atoms with Crippen molar-refractivity contribution in [2.45, 2.75) is 30.0 Å². The van der Waals surface area contributed by atoms with Gasteiger partial charge in [0.2, 0.25) is 0 Å². The van der Waals surface area contributed by atoms with Crippen molar-refractivity contribution < 1.29 is 24.4 Å². The molecule has 5 heteroatoms. The molecule has 0 radical (unpaired) electrons. The summed E-state index contributed by atoms with van der Waals surface area (Å²) in [7, 11) is 0. The maximum Gasteiger partial charge on any atom is 0.155 e. The first-order valence-electron chi connectivity index (χ1n) is 7.97. The second-order valence-electron chi connectivity index (χ2n) is 6.60. The molecule has 23 heavy (non-hydrogen) atoms. The third-order valence-electron chi connectivity index (χ3n) is 5.27. The Morgan fingerprint density at radius 1 is 1.00 bits per heavy atom. The zero-order valence-corrected chi connectivity index (χ0v) is 12.5. The van der Waals surface area contributed by atoms with E-state index in [9.17, 15) is 10.2 Å². The van der Waals surface area contributed by atoms with Crippen LogP contribution >= 0.6 is 0 Å². The fourth-order valence-electron chi connectivity index (χ4n) is 3.97. The molecule has 5 nitrogen and oxygen atoms in total. The summed E-state index contributed by atoms with van der Waals surface area (Å²) in [5.74, 6) is -0.416. The number of ether oxygens (including phenoxy) is 3. The van der Waals surface area contributed by atoms with Crippen molar-refractivity contribution in [1.29, 1.82) is 0 Å². The fraction of sp³-hybridized carbons (Fsp3) is 0.444. The Morgan fingerprint density at radius 2 is 1.78 bits per heavy atom. The number of aliphatic hydroxyl groups excluding tert-OH is 1. The smallest absolute Gasteiger partial charge is 0.155 e. The van der Waals surface area contributed by atoms with Gasteiger partial charge in [-0.1, -0.05) is 36.4 Å². The highest BCUT2D eigenvalue weighted by molar-refractivity contribution is 5.44. The SMILES string of the molecule is OC1=CC=C2C3OC3COCC3OC3C2C1(O)c1ccccc1. The molecular weight excluding hydrogens is 296 g/mol. The van der Waals surface area contributed by atoms with Crippen LogP contribution < -0.4 is 0 Å². The van der Waals surface area contributed by atoms with Crippen LogP contribution in [0.25, 0.3) is 0 Å². The van der Waals surface area contributed by atoms with Gasteiger partial charge in [-0.05, 0) is 17.2 Å². The predicted octanol–water partition coefficient (Wildman–Crippen LogP) is 1.44. The van der Waals surface area contributed by atoms with Crippen LogP contribution in [0.15, 0.2) is 53.8 Å². The summed E-state index contributed by atoms with van der Waals surface area (Å²) in [6.07, 6.45) is 3.20. The first-order chi connectivity index (χ1) is 11.2. The summed E-state index contributed by atoms with van der Waals surface area (Å²) < 4.78 is 17.1. The van der Waals surface area contributed by atoms with Crippen molar-refractivity contribution in [3.63, 3.8) is 0 Å². The summed E-state index contributed by atoms with van der Waals surface area (Å²) in [6, 6.07) is 9.27. The number of allylic oxidation sites excluding steroid dienone is 2. The molecule has 3 fully saturated rings. The summed E-state index contributed by atoms with van der Waals surface area (Å²) in [6.45, 7) is 1.04. The molecule has 2 N–H and O–H groups in total. The zero-order valence-electron chi connectivity index (χ0n) is 12.5. The van der Waals surface area contributed by atoms with Crippen molar-refractivity contribution >= 4 is 0 Å². The van der Waals surface area contributed by atoms with E-state index in [-0.39, 0.29) is 36.1 Å². The topological polar surface area (TPSA) is 74.8 Å². The van der Waals surface area contributed by atoms with Gasteiger partial charge in [-0.3, -0.25) is 0 Å². The Hall–Kier alpha value is -1.66. The predicted molar refractivity (Wildman–Crippen MR) is 80.8 cm³/mol. The van der Waals surface area contributed by atoms with Crippen LogP contribution in [-0.4, -0.2) is 47.8 Å². The van der Waals surface area contributed by atoms with Gasteiger partial charge < -0.3 is 24.4 Å². The summed E-state index contributed by atoms with van der Waals surface area (Å²) in [5, 5.41) is 22.0. The number of hydrogen-bond donors (Lipinski definition) is 2. The fourth-order valence-corrected chi connectivity index (χ4v) is 3.97. The minimum absolute atomic E-state index is 0.0370. The molecule has 5 rings (SSSR count). The van der Waals surface area contributed by atoms with Crippen molar-refractivity contribution in [3.05, 3.63) is 59.4 Å². The van der Waals surface area contributed by atoms with Crippen LogP contribution in [0, 0.1) is 5.92 Å². The van der Waals surface area contributed by atoms with Gasteiger partial charge in [0.25, 0.3) is 0 Å². The van der Waals surface area contributed by atoms with Crippen molar-refractivity contribution in [2.24, 2.45) is 5.92 Å². The Labute approximate surface area is 133 Å². The summed E-state index contributed by atoms with van der Waals surface area (Å²) in [4.78, 5) is 0. The lowest BCUT2D eigenvalue weighted by atomic mass is 9.69. The van der Waals surface area contributed by atoms with E-state index in [1.54, 1.807) is 6.08 Å². The van der Waals surface area contributed by atoms with Gasteiger partial charge >= 0.3 is 0 Å². The Balaban J connectivity index is 1.64. The van der Waals surface area contributed by atoms with E-state index in [0.717, 1.165) is 5.57 Å². The Bertz CT molecular complexity index is 697. The van der Waals surface area contributed by atoms with E-state index in [1.807, 2.05) is 36.4 Å². The number of fused-ring (bicyclic) bond motifs is 5. The minimum atomic E-state index is -1.49. The van der Waals surface area contributed by atoms with Crippen LogP contribution in [0.5, 0.6) is 0 Å². The van der Waals surface area contributed by atoms with Gasteiger partial charge in [0.1, 0.15) is 24.1 Å². The lowest BCUT2D eigenvalue weighted by molar-refractivity contribution is -0.0240. The molecule has 0 aromatic heterocycles. The minimum Gasteiger partial charge on any atom is -0.509 e. The van der Waals surface area contributed by atoms with E-state index in [4.69, 9.17) is 14.2 Å². The second kappa shape index (κ2) is 4.68. The second-order valence-corrected chi connectivity index (χ2v) is 6.60. The van der Waals surface area contributed by atoms with E-state index >= 15 is 0 Å². The third kappa shape index (κ3) is 1.94. The lowest BCUT2D eigenvalue weighted by Crippen LogP contribution is -2.44. The van der Waals surface area contributed by atoms with Crippen molar-refractivity contribution in [1.82, 2.24) is 0 Å². The highest BCUT2D eigenvalue weighted by Gasteiger charge is 2.62. The van der Waals surface area contributed by atoms with Gasteiger partial charge in [-0.25, -0.2) is 0 Å². The maximum atomic E-state index is 11.5. The van der Waals surface area contributed by atoms with Crippen molar-refractivity contribution in [2.75, 3.05) is 13.2 Å². The summed E-state index contributed by atoms with van der Waals surface area (Å²) >= 11 is 0. The maximum absolute atomic E-state index is 11.5. The van der Waals surface area contributed by atoms with E-state index in [0.29, 0.717) is 18.8 Å². The van der Waals surface area contributed by atoms with Gasteiger partial charge in [-0.15, -0.1) is 0 Å². The molecule has 6 unspecified atom stereocenters. The molecule has 0 amide bonds. The van der Waals surface area contributed by atoms with Crippen LogP contribution in [0.3, 0.4) is 0 Å². The molecule has 0 spiro atoms.